The standard InChI is InChI=1S/C44H32N4O6/c49-27-9-1-5-23(19-27)37-31-13-14-32(45-31)38(24-6-2-10-28(50)20-24)34-16-18-36(47-34)40(26-8-4-12-30(52)22-26)42-44(54)43(53)41(48-42)39(35-17-15-33(37)46-35)25-7-3-11-29(51)21-25/h1-15,17,19-22,45,48-54H,16,18H2. The van der Waals surface area contributed by atoms with Crippen molar-refractivity contribution in [3.63, 3.8) is 0 Å². The Morgan fingerprint density at radius 3 is 1.33 bits per heavy atom. The average molecular weight is 713 g/mol. The second kappa shape index (κ2) is 12.6. The molecule has 0 unspecified atom stereocenters. The van der Waals surface area contributed by atoms with Crippen molar-refractivity contribution in [1.29, 1.82) is 0 Å². The molecule has 8 N–H and O–H groups in total. The number of rotatable bonds is 4. The summed E-state index contributed by atoms with van der Waals surface area (Å²) < 4.78 is 0. The Labute approximate surface area is 307 Å². The highest BCUT2D eigenvalue weighted by Gasteiger charge is 2.25. The minimum atomic E-state index is -0.435. The molecule has 54 heavy (non-hydrogen) atoms. The van der Waals surface area contributed by atoms with E-state index in [0.717, 1.165) is 16.6 Å². The van der Waals surface area contributed by atoms with Gasteiger partial charge in [0, 0.05) is 33.3 Å². The molecule has 9 rings (SSSR count). The van der Waals surface area contributed by atoms with E-state index < -0.39 is 11.5 Å². The Kier molecular flexibility index (Phi) is 7.60. The van der Waals surface area contributed by atoms with E-state index in [1.807, 2.05) is 30.3 Å². The third-order valence-corrected chi connectivity index (χ3v) is 9.81. The van der Waals surface area contributed by atoms with Crippen LogP contribution >= 0.6 is 0 Å². The third-order valence-electron chi connectivity index (χ3n) is 9.81. The highest BCUT2D eigenvalue weighted by Crippen LogP contribution is 2.46. The summed E-state index contributed by atoms with van der Waals surface area (Å²) >= 11 is 0. The highest BCUT2D eigenvalue weighted by molar-refractivity contribution is 6.01. The maximum Gasteiger partial charge on any atom is 0.184 e. The Balaban J connectivity index is 1.52. The van der Waals surface area contributed by atoms with Crippen LogP contribution in [0.4, 0.5) is 0 Å². The molecular formula is C44H32N4O6. The van der Waals surface area contributed by atoms with Crippen LogP contribution in [0, 0.1) is 0 Å². The van der Waals surface area contributed by atoms with E-state index in [4.69, 9.17) is 9.97 Å². The average Bonchev–Trinajstić information content (AvgIpc) is 3.97. The zero-order valence-electron chi connectivity index (χ0n) is 28.5. The van der Waals surface area contributed by atoms with Gasteiger partial charge < -0.3 is 40.6 Å². The highest BCUT2D eigenvalue weighted by atomic mass is 16.3. The monoisotopic (exact) mass is 712 g/mol. The van der Waals surface area contributed by atoms with Crippen LogP contribution in [-0.2, 0) is 12.8 Å². The smallest absolute Gasteiger partial charge is 0.184 e. The number of aromatic nitrogens is 4. The van der Waals surface area contributed by atoms with Crippen molar-refractivity contribution >= 4 is 34.2 Å². The van der Waals surface area contributed by atoms with E-state index in [-0.39, 0.29) is 34.0 Å². The van der Waals surface area contributed by atoms with Gasteiger partial charge in [-0.15, -0.1) is 0 Å². The van der Waals surface area contributed by atoms with Crippen LogP contribution < -0.4 is 0 Å². The van der Waals surface area contributed by atoms with E-state index in [9.17, 15) is 30.6 Å². The summed E-state index contributed by atoms with van der Waals surface area (Å²) in [6.45, 7) is 0. The Morgan fingerprint density at radius 1 is 0.407 bits per heavy atom. The largest absolute Gasteiger partial charge is 0.508 e. The van der Waals surface area contributed by atoms with Crippen LogP contribution in [0.25, 0.3) is 78.7 Å². The van der Waals surface area contributed by atoms with Crippen molar-refractivity contribution < 1.29 is 30.6 Å². The van der Waals surface area contributed by atoms with Gasteiger partial charge in [0.25, 0.3) is 0 Å². The number of H-pyrrole nitrogens is 2. The first kappa shape index (κ1) is 32.4. The summed E-state index contributed by atoms with van der Waals surface area (Å²) in [5, 5.41) is 65.9. The quantitative estimate of drug-likeness (QED) is 0.0890. The van der Waals surface area contributed by atoms with Gasteiger partial charge >= 0.3 is 0 Å². The minimum Gasteiger partial charge on any atom is -0.508 e. The van der Waals surface area contributed by atoms with Gasteiger partial charge in [0.15, 0.2) is 11.5 Å². The Morgan fingerprint density at radius 2 is 0.815 bits per heavy atom. The fourth-order valence-electron chi connectivity index (χ4n) is 7.48. The van der Waals surface area contributed by atoms with Crippen molar-refractivity contribution in [2.75, 3.05) is 0 Å². The summed E-state index contributed by atoms with van der Waals surface area (Å²) in [6.07, 6.45) is 4.57. The van der Waals surface area contributed by atoms with Crippen molar-refractivity contribution in [3.8, 4) is 79.0 Å². The molecule has 5 heterocycles. The SMILES string of the molecule is Oc1cccc(-c2c3nc(c(-c4cccc(O)c4)c4[nH]c(c(O)c4O)c(-c4cccc(O)c4)c4nc(c(-c5cccc(O)c5)c5ccc2[nH]5)CC4)C=C3)c1. The molecule has 0 amide bonds. The zero-order chi connectivity index (χ0) is 37.1. The lowest BCUT2D eigenvalue weighted by atomic mass is 10.00. The number of aryl methyl sites for hydroxylation is 2. The van der Waals surface area contributed by atoms with E-state index in [1.165, 1.54) is 0 Å². The maximum atomic E-state index is 11.8. The normalized spacial score (nSPS) is 12.3. The molecule has 3 aromatic heterocycles. The summed E-state index contributed by atoms with van der Waals surface area (Å²) in [5.41, 5.74) is 8.82. The molecule has 0 atom stereocenters. The molecule has 10 nitrogen and oxygen atoms in total. The first-order chi connectivity index (χ1) is 26.2. The number of nitrogens with zero attached hydrogens (tertiary/aromatic N) is 2. The number of aromatic amines is 2. The Bertz CT molecular complexity index is 2870. The molecule has 2 aliphatic rings. The number of nitrogens with one attached hydrogen (secondary N) is 2. The molecule has 8 bridgehead atoms. The zero-order valence-corrected chi connectivity index (χ0v) is 28.5. The number of hydrogen-bond donors (Lipinski definition) is 8. The topological polar surface area (TPSA) is 179 Å². The lowest BCUT2D eigenvalue weighted by Gasteiger charge is -2.07. The van der Waals surface area contributed by atoms with Crippen LogP contribution in [0.15, 0.2) is 109 Å². The molecule has 0 fully saturated rings. The number of fused-ring (bicyclic) bond motifs is 8. The molecule has 0 saturated heterocycles. The first-order valence-corrected chi connectivity index (χ1v) is 17.3. The molecule has 0 saturated carbocycles. The van der Waals surface area contributed by atoms with Crippen LogP contribution in [0.1, 0.15) is 22.8 Å². The van der Waals surface area contributed by atoms with Crippen LogP contribution in [0.2, 0.25) is 0 Å². The molecule has 0 aliphatic carbocycles. The van der Waals surface area contributed by atoms with Crippen molar-refractivity contribution in [2.24, 2.45) is 0 Å². The first-order valence-electron chi connectivity index (χ1n) is 17.3. The van der Waals surface area contributed by atoms with Crippen LogP contribution in [0.3, 0.4) is 0 Å². The number of hydrogen-bond acceptors (Lipinski definition) is 8. The van der Waals surface area contributed by atoms with E-state index in [2.05, 4.69) is 9.97 Å². The van der Waals surface area contributed by atoms with Crippen molar-refractivity contribution in [3.05, 3.63) is 132 Å². The maximum absolute atomic E-state index is 11.8. The summed E-state index contributed by atoms with van der Waals surface area (Å²) in [7, 11) is 0. The minimum absolute atomic E-state index is 0.00508. The summed E-state index contributed by atoms with van der Waals surface area (Å²) in [6, 6.07) is 30.9. The van der Waals surface area contributed by atoms with Crippen molar-refractivity contribution in [1.82, 2.24) is 19.9 Å². The lowest BCUT2D eigenvalue weighted by molar-refractivity contribution is 0.414. The van der Waals surface area contributed by atoms with Gasteiger partial charge in [-0.25, -0.2) is 4.98 Å². The van der Waals surface area contributed by atoms with Gasteiger partial charge in [0.05, 0.1) is 33.8 Å². The van der Waals surface area contributed by atoms with E-state index in [1.54, 1.807) is 91.0 Å². The van der Waals surface area contributed by atoms with Crippen LogP contribution in [-0.4, -0.2) is 50.6 Å². The molecule has 2 aliphatic heterocycles. The number of benzene rings is 4. The number of phenolic OH excluding ortho intramolecular Hbond substituents is 4. The predicted molar refractivity (Wildman–Crippen MR) is 209 cm³/mol. The summed E-state index contributed by atoms with van der Waals surface area (Å²) in [4.78, 5) is 17.2. The molecule has 7 aromatic rings. The van der Waals surface area contributed by atoms with Gasteiger partial charge in [0.2, 0.25) is 0 Å². The van der Waals surface area contributed by atoms with Gasteiger partial charge in [-0.1, -0.05) is 48.5 Å². The van der Waals surface area contributed by atoms with Crippen LogP contribution in [0.5, 0.6) is 34.5 Å². The molecule has 10 heteroatoms. The lowest BCUT2D eigenvalue weighted by Crippen LogP contribution is -1.90. The second-order valence-corrected chi connectivity index (χ2v) is 13.3. The molecule has 0 spiro atoms. The molecule has 0 radical (unpaired) electrons. The van der Waals surface area contributed by atoms with Crippen molar-refractivity contribution in [2.45, 2.75) is 12.8 Å². The number of phenols is 4. The van der Waals surface area contributed by atoms with Gasteiger partial charge in [0.1, 0.15) is 23.0 Å². The van der Waals surface area contributed by atoms with Gasteiger partial charge in [-0.3, -0.25) is 4.98 Å². The molecule has 264 valence electrons. The fourth-order valence-corrected chi connectivity index (χ4v) is 7.48. The third kappa shape index (κ3) is 5.53. The summed E-state index contributed by atoms with van der Waals surface area (Å²) in [5.74, 6) is -0.690. The van der Waals surface area contributed by atoms with E-state index >= 15 is 0 Å². The molecular weight excluding hydrogens is 681 g/mol. The second-order valence-electron chi connectivity index (χ2n) is 13.3. The predicted octanol–water partition coefficient (Wildman–Crippen LogP) is 9.17. The Hall–Kier alpha value is -7.46. The van der Waals surface area contributed by atoms with E-state index in [0.29, 0.717) is 74.5 Å². The van der Waals surface area contributed by atoms with Gasteiger partial charge in [-0.2, -0.15) is 0 Å². The fraction of sp³-hybridized carbons (Fsp3) is 0.0455. The number of aromatic hydroxyl groups is 6. The molecule has 4 aromatic carbocycles. The van der Waals surface area contributed by atoms with Gasteiger partial charge in [-0.05, 0) is 108 Å².